The fraction of sp³-hybridized carbons (Fsp3) is 0.389. The maximum absolute atomic E-state index is 4.38. The molecule has 1 aromatic heterocycles. The Kier molecular flexibility index (Phi) is 5.26. The van der Waals surface area contributed by atoms with Gasteiger partial charge in [-0.15, -0.1) is 0 Å². The largest absolute Gasteiger partial charge is 0.245 e. The summed E-state index contributed by atoms with van der Waals surface area (Å²) in [6.07, 6.45) is 1.10. The molecule has 0 atom stereocenters. The third-order valence-corrected chi connectivity index (χ3v) is 3.32. The summed E-state index contributed by atoms with van der Waals surface area (Å²) in [6, 6.07) is 10.5. The molecule has 22 heavy (non-hydrogen) atoms. The number of aromatic nitrogens is 2. The maximum atomic E-state index is 4.38. The Hall–Kier alpha value is -2.23. The van der Waals surface area contributed by atoms with Gasteiger partial charge in [0.1, 0.15) is 0 Å². The molecule has 1 aromatic carbocycles. The van der Waals surface area contributed by atoms with Gasteiger partial charge in [0, 0.05) is 11.4 Å². The van der Waals surface area contributed by atoms with Crippen molar-refractivity contribution in [2.45, 2.75) is 41.0 Å². The molecule has 0 aliphatic heterocycles. The number of hydrazone groups is 1. The van der Waals surface area contributed by atoms with E-state index < -0.39 is 0 Å². The van der Waals surface area contributed by atoms with Gasteiger partial charge in [0.2, 0.25) is 5.95 Å². The predicted molar refractivity (Wildman–Crippen MR) is 92.3 cm³/mol. The minimum Gasteiger partial charge on any atom is -0.245 e. The van der Waals surface area contributed by atoms with Crippen molar-refractivity contribution in [1.82, 2.24) is 9.97 Å². The molecule has 0 saturated heterocycles. The highest BCUT2D eigenvalue weighted by molar-refractivity contribution is 5.99. The zero-order valence-electron chi connectivity index (χ0n) is 14.0. The third-order valence-electron chi connectivity index (χ3n) is 3.32. The van der Waals surface area contributed by atoms with Gasteiger partial charge in [-0.2, -0.15) is 5.10 Å². The van der Waals surface area contributed by atoms with E-state index in [9.17, 15) is 0 Å². The van der Waals surface area contributed by atoms with Crippen LogP contribution < -0.4 is 5.43 Å². The molecule has 4 heteroatoms. The molecule has 0 fully saturated rings. The molecule has 116 valence electrons. The molecule has 0 radical (unpaired) electrons. The van der Waals surface area contributed by atoms with Crippen molar-refractivity contribution in [2.75, 3.05) is 5.43 Å². The molecule has 0 aliphatic rings. The van der Waals surface area contributed by atoms with Gasteiger partial charge in [0.25, 0.3) is 0 Å². The van der Waals surface area contributed by atoms with Gasteiger partial charge in [-0.05, 0) is 50.3 Å². The number of nitrogens with one attached hydrogen (secondary N) is 1. The van der Waals surface area contributed by atoms with Crippen LogP contribution in [0.15, 0.2) is 35.4 Å². The van der Waals surface area contributed by atoms with Gasteiger partial charge in [0.15, 0.2) is 0 Å². The van der Waals surface area contributed by atoms with Crippen molar-refractivity contribution in [3.05, 3.63) is 52.8 Å². The number of nitrogens with zero attached hydrogens (tertiary/aromatic N) is 3. The highest BCUT2D eigenvalue weighted by Gasteiger charge is 2.02. The summed E-state index contributed by atoms with van der Waals surface area (Å²) in [6.45, 7) is 10.3. The van der Waals surface area contributed by atoms with Gasteiger partial charge in [-0.1, -0.05) is 38.1 Å². The van der Waals surface area contributed by atoms with Crippen LogP contribution in [0.4, 0.5) is 5.95 Å². The molecule has 1 N–H and O–H groups in total. The molecule has 0 amide bonds. The Bertz CT molecular complexity index is 637. The normalized spacial score (nSPS) is 11.8. The lowest BCUT2D eigenvalue weighted by Crippen LogP contribution is -2.04. The molecule has 0 saturated carbocycles. The summed E-state index contributed by atoms with van der Waals surface area (Å²) in [4.78, 5) is 8.63. The van der Waals surface area contributed by atoms with Crippen LogP contribution in [0.5, 0.6) is 0 Å². The molecule has 1 heterocycles. The van der Waals surface area contributed by atoms with Crippen molar-refractivity contribution in [3.8, 4) is 0 Å². The molecular formula is C18H24N4. The van der Waals surface area contributed by atoms with Gasteiger partial charge in [0.05, 0.1) is 5.71 Å². The predicted octanol–water partition coefficient (Wildman–Crippen LogP) is 4.13. The SMILES string of the molecule is CC(=NNc1nc(C)cc(C)n1)c1ccc(CC(C)C)cc1. The average Bonchev–Trinajstić information content (AvgIpc) is 2.44. The molecule has 0 unspecified atom stereocenters. The van der Waals surface area contributed by atoms with Crippen LogP contribution in [0.3, 0.4) is 0 Å². The zero-order chi connectivity index (χ0) is 16.1. The summed E-state index contributed by atoms with van der Waals surface area (Å²) in [7, 11) is 0. The van der Waals surface area contributed by atoms with Gasteiger partial charge < -0.3 is 0 Å². The number of benzene rings is 1. The van der Waals surface area contributed by atoms with E-state index in [1.807, 2.05) is 26.8 Å². The highest BCUT2D eigenvalue weighted by atomic mass is 15.4. The van der Waals surface area contributed by atoms with Crippen molar-refractivity contribution in [3.63, 3.8) is 0 Å². The van der Waals surface area contributed by atoms with Gasteiger partial charge in [-0.25, -0.2) is 15.4 Å². The second-order valence-electron chi connectivity index (χ2n) is 6.08. The lowest BCUT2D eigenvalue weighted by molar-refractivity contribution is 0.647. The molecule has 0 bridgehead atoms. The molecule has 2 aromatic rings. The maximum Gasteiger partial charge on any atom is 0.243 e. The second-order valence-corrected chi connectivity index (χ2v) is 6.08. The first-order valence-electron chi connectivity index (χ1n) is 7.66. The fourth-order valence-corrected chi connectivity index (χ4v) is 2.33. The molecule has 0 spiro atoms. The van der Waals surface area contributed by atoms with E-state index in [0.29, 0.717) is 11.9 Å². The lowest BCUT2D eigenvalue weighted by atomic mass is 10.0. The van der Waals surface area contributed by atoms with E-state index in [1.165, 1.54) is 5.56 Å². The average molecular weight is 296 g/mol. The molecule has 2 rings (SSSR count). The van der Waals surface area contributed by atoms with Crippen LogP contribution in [-0.4, -0.2) is 15.7 Å². The minimum atomic E-state index is 0.535. The number of hydrogen-bond acceptors (Lipinski definition) is 4. The minimum absolute atomic E-state index is 0.535. The molecular weight excluding hydrogens is 272 g/mol. The number of rotatable bonds is 5. The van der Waals surface area contributed by atoms with Gasteiger partial charge >= 0.3 is 0 Å². The topological polar surface area (TPSA) is 50.2 Å². The molecule has 0 aliphatic carbocycles. The van der Waals surface area contributed by atoms with Crippen LogP contribution >= 0.6 is 0 Å². The Labute approximate surface area is 132 Å². The quantitative estimate of drug-likeness (QED) is 0.666. The van der Waals surface area contributed by atoms with Crippen LogP contribution in [0, 0.1) is 19.8 Å². The fourth-order valence-electron chi connectivity index (χ4n) is 2.33. The first kappa shape index (κ1) is 16.1. The smallest absolute Gasteiger partial charge is 0.243 e. The van der Waals surface area contributed by atoms with Crippen LogP contribution in [-0.2, 0) is 6.42 Å². The lowest BCUT2D eigenvalue weighted by Gasteiger charge is -2.07. The van der Waals surface area contributed by atoms with E-state index >= 15 is 0 Å². The Morgan fingerprint density at radius 2 is 1.68 bits per heavy atom. The van der Waals surface area contributed by atoms with Crippen molar-refractivity contribution in [2.24, 2.45) is 11.0 Å². The van der Waals surface area contributed by atoms with E-state index in [2.05, 4.69) is 58.6 Å². The number of anilines is 1. The van der Waals surface area contributed by atoms with E-state index in [1.54, 1.807) is 0 Å². The first-order chi connectivity index (χ1) is 10.4. The second kappa shape index (κ2) is 7.16. The highest BCUT2D eigenvalue weighted by Crippen LogP contribution is 2.11. The van der Waals surface area contributed by atoms with Gasteiger partial charge in [-0.3, -0.25) is 0 Å². The van der Waals surface area contributed by atoms with Crippen LogP contribution in [0.2, 0.25) is 0 Å². The summed E-state index contributed by atoms with van der Waals surface area (Å²) >= 11 is 0. The van der Waals surface area contributed by atoms with E-state index in [4.69, 9.17) is 0 Å². The Morgan fingerprint density at radius 1 is 1.09 bits per heavy atom. The summed E-state index contributed by atoms with van der Waals surface area (Å²) in [5.74, 6) is 1.21. The number of aryl methyl sites for hydroxylation is 2. The summed E-state index contributed by atoms with van der Waals surface area (Å²) < 4.78 is 0. The molecule has 4 nitrogen and oxygen atoms in total. The zero-order valence-corrected chi connectivity index (χ0v) is 14.0. The van der Waals surface area contributed by atoms with Crippen LogP contribution in [0.25, 0.3) is 0 Å². The van der Waals surface area contributed by atoms with E-state index in [-0.39, 0.29) is 0 Å². The van der Waals surface area contributed by atoms with Crippen molar-refractivity contribution in [1.29, 1.82) is 0 Å². The summed E-state index contributed by atoms with van der Waals surface area (Å²) in [5, 5.41) is 4.38. The number of hydrogen-bond donors (Lipinski definition) is 1. The first-order valence-corrected chi connectivity index (χ1v) is 7.66. The Balaban J connectivity index is 2.08. The van der Waals surface area contributed by atoms with E-state index in [0.717, 1.165) is 29.1 Å². The monoisotopic (exact) mass is 296 g/mol. The van der Waals surface area contributed by atoms with Crippen molar-refractivity contribution < 1.29 is 0 Å². The third kappa shape index (κ3) is 4.65. The summed E-state index contributed by atoms with van der Waals surface area (Å²) in [5.41, 5.74) is 8.18. The Morgan fingerprint density at radius 3 is 2.23 bits per heavy atom. The van der Waals surface area contributed by atoms with Crippen molar-refractivity contribution >= 4 is 11.7 Å². The standard InChI is InChI=1S/C18H24N4/c1-12(2)10-16-6-8-17(9-7-16)15(5)21-22-18-19-13(3)11-14(4)20-18/h6-9,11-12H,10H2,1-5H3,(H,19,20,22). The van der Waals surface area contributed by atoms with Crippen LogP contribution in [0.1, 0.15) is 43.3 Å².